The molecule has 0 aromatic carbocycles. The van der Waals surface area contributed by atoms with Gasteiger partial charge in [-0.1, -0.05) is 252 Å². The Balaban J connectivity index is 4.22. The molecule has 57 heavy (non-hydrogen) atoms. The molecule has 6 heteroatoms. The number of hydrogen-bond acceptors (Lipinski definition) is 6. The average molecular weight is 807 g/mol. The van der Waals surface area contributed by atoms with E-state index in [1.807, 2.05) is 0 Å². The minimum absolute atomic E-state index is 0.0621. The van der Waals surface area contributed by atoms with Crippen LogP contribution in [0.4, 0.5) is 0 Å². The van der Waals surface area contributed by atoms with E-state index in [0.717, 1.165) is 57.8 Å². The van der Waals surface area contributed by atoms with Crippen molar-refractivity contribution in [2.75, 3.05) is 13.2 Å². The van der Waals surface area contributed by atoms with Crippen LogP contribution in [0.25, 0.3) is 0 Å². The van der Waals surface area contributed by atoms with Crippen LogP contribution in [0.3, 0.4) is 0 Å². The number of unbranched alkanes of at least 4 members (excludes halogenated alkanes) is 36. The summed E-state index contributed by atoms with van der Waals surface area (Å²) < 4.78 is 16.8. The quantitative estimate of drug-likeness (QED) is 0.0346. The van der Waals surface area contributed by atoms with Crippen LogP contribution in [0.5, 0.6) is 0 Å². The summed E-state index contributed by atoms with van der Waals surface area (Å²) in [4.78, 5) is 37.8. The number of rotatable bonds is 47. The monoisotopic (exact) mass is 807 g/mol. The van der Waals surface area contributed by atoms with Crippen molar-refractivity contribution in [3.05, 3.63) is 0 Å². The van der Waals surface area contributed by atoms with Gasteiger partial charge in [0.1, 0.15) is 13.2 Å². The first-order valence-corrected chi connectivity index (χ1v) is 25.5. The molecule has 0 rings (SSSR count). The Bertz CT molecular complexity index is 844. The van der Waals surface area contributed by atoms with E-state index in [4.69, 9.17) is 14.2 Å². The molecule has 0 aromatic heterocycles. The summed E-state index contributed by atoms with van der Waals surface area (Å²) in [5.74, 6) is -0.846. The number of carbonyl (C=O) groups excluding carboxylic acids is 3. The van der Waals surface area contributed by atoms with Crippen LogP contribution in [-0.4, -0.2) is 37.2 Å². The maximum Gasteiger partial charge on any atom is 0.306 e. The first-order chi connectivity index (χ1) is 28.0. The van der Waals surface area contributed by atoms with Crippen molar-refractivity contribution in [3.8, 4) is 0 Å². The fraction of sp³-hybridized carbons (Fsp3) is 0.941. The molecule has 0 aliphatic carbocycles. The van der Waals surface area contributed by atoms with Crippen molar-refractivity contribution in [2.24, 2.45) is 0 Å². The highest BCUT2D eigenvalue weighted by Crippen LogP contribution is 2.17. The van der Waals surface area contributed by atoms with E-state index in [0.29, 0.717) is 19.3 Å². The predicted molar refractivity (Wildman–Crippen MR) is 243 cm³/mol. The molecule has 0 saturated heterocycles. The Kier molecular flexibility index (Phi) is 45.8. The Hall–Kier alpha value is -1.59. The van der Waals surface area contributed by atoms with Crippen LogP contribution in [0.15, 0.2) is 0 Å². The van der Waals surface area contributed by atoms with E-state index < -0.39 is 6.10 Å². The summed E-state index contributed by atoms with van der Waals surface area (Å²) in [7, 11) is 0. The van der Waals surface area contributed by atoms with Gasteiger partial charge < -0.3 is 14.2 Å². The van der Waals surface area contributed by atoms with Crippen LogP contribution < -0.4 is 0 Å². The molecule has 0 heterocycles. The molecule has 0 aromatic rings. The molecule has 0 N–H and O–H groups in total. The standard InChI is InChI=1S/C51H98O6/c1-4-7-10-13-16-19-21-23-24-25-26-27-28-30-32-35-38-41-44-50(53)56-47-48(46-55-49(52)43-40-37-34-31-18-15-12-9-6-3)57-51(54)45-42-39-36-33-29-22-20-17-14-11-8-5-2/h48H,4-47H2,1-3H3. The van der Waals surface area contributed by atoms with Gasteiger partial charge >= 0.3 is 17.9 Å². The van der Waals surface area contributed by atoms with Crippen LogP contribution in [-0.2, 0) is 28.6 Å². The normalized spacial score (nSPS) is 11.8. The second kappa shape index (κ2) is 47.1. The maximum atomic E-state index is 12.7. The molecule has 6 nitrogen and oxygen atoms in total. The van der Waals surface area contributed by atoms with Crippen molar-refractivity contribution < 1.29 is 28.6 Å². The molecule has 338 valence electrons. The van der Waals surface area contributed by atoms with E-state index in [1.54, 1.807) is 0 Å². The lowest BCUT2D eigenvalue weighted by atomic mass is 10.0. The Labute approximate surface area is 355 Å². The van der Waals surface area contributed by atoms with Gasteiger partial charge in [-0.15, -0.1) is 0 Å². The zero-order chi connectivity index (χ0) is 41.5. The first-order valence-electron chi connectivity index (χ1n) is 25.5. The Morgan fingerprint density at radius 2 is 0.474 bits per heavy atom. The van der Waals surface area contributed by atoms with Gasteiger partial charge in [0.2, 0.25) is 0 Å². The van der Waals surface area contributed by atoms with Crippen LogP contribution in [0, 0.1) is 0 Å². The smallest absolute Gasteiger partial charge is 0.306 e. The summed E-state index contributed by atoms with van der Waals surface area (Å²) in [5, 5.41) is 0. The summed E-state index contributed by atoms with van der Waals surface area (Å²) in [5.41, 5.74) is 0. The van der Waals surface area contributed by atoms with E-state index in [1.165, 1.54) is 193 Å². The van der Waals surface area contributed by atoms with Crippen molar-refractivity contribution in [3.63, 3.8) is 0 Å². The van der Waals surface area contributed by atoms with E-state index >= 15 is 0 Å². The Morgan fingerprint density at radius 3 is 0.702 bits per heavy atom. The molecule has 0 saturated carbocycles. The topological polar surface area (TPSA) is 78.9 Å². The zero-order valence-electron chi connectivity index (χ0n) is 38.6. The molecule has 0 radical (unpaired) electrons. The van der Waals surface area contributed by atoms with E-state index in [9.17, 15) is 14.4 Å². The number of carbonyl (C=O) groups is 3. The second-order valence-electron chi connectivity index (χ2n) is 17.5. The fourth-order valence-corrected chi connectivity index (χ4v) is 7.74. The molecule has 1 atom stereocenters. The largest absolute Gasteiger partial charge is 0.462 e. The van der Waals surface area contributed by atoms with Gasteiger partial charge in [-0.05, 0) is 19.3 Å². The van der Waals surface area contributed by atoms with Gasteiger partial charge in [0.15, 0.2) is 6.10 Å². The number of hydrogen-bond donors (Lipinski definition) is 0. The summed E-state index contributed by atoms with van der Waals surface area (Å²) in [6.45, 7) is 6.66. The van der Waals surface area contributed by atoms with Crippen LogP contribution >= 0.6 is 0 Å². The van der Waals surface area contributed by atoms with Crippen LogP contribution in [0.1, 0.15) is 290 Å². The summed E-state index contributed by atoms with van der Waals surface area (Å²) in [6, 6.07) is 0. The van der Waals surface area contributed by atoms with Gasteiger partial charge in [0, 0.05) is 19.3 Å². The van der Waals surface area contributed by atoms with Gasteiger partial charge in [-0.25, -0.2) is 0 Å². The zero-order valence-corrected chi connectivity index (χ0v) is 38.6. The third-order valence-electron chi connectivity index (χ3n) is 11.6. The molecular formula is C51H98O6. The highest BCUT2D eigenvalue weighted by molar-refractivity contribution is 5.71. The van der Waals surface area contributed by atoms with Gasteiger partial charge in [0.05, 0.1) is 0 Å². The third-order valence-corrected chi connectivity index (χ3v) is 11.6. The van der Waals surface area contributed by atoms with Crippen LogP contribution in [0.2, 0.25) is 0 Å². The second-order valence-corrected chi connectivity index (χ2v) is 17.5. The lowest BCUT2D eigenvalue weighted by Gasteiger charge is -2.18. The third kappa shape index (κ3) is 45.3. The Morgan fingerprint density at radius 1 is 0.281 bits per heavy atom. The van der Waals surface area contributed by atoms with Gasteiger partial charge in [-0.2, -0.15) is 0 Å². The minimum Gasteiger partial charge on any atom is -0.462 e. The number of ether oxygens (including phenoxy) is 3. The highest BCUT2D eigenvalue weighted by atomic mass is 16.6. The molecule has 0 amide bonds. The molecule has 0 bridgehead atoms. The van der Waals surface area contributed by atoms with Crippen molar-refractivity contribution >= 4 is 17.9 Å². The summed E-state index contributed by atoms with van der Waals surface area (Å²) in [6.07, 6.45) is 49.5. The molecule has 0 spiro atoms. The predicted octanol–water partition coefficient (Wildman–Crippen LogP) is 16.4. The maximum absolute atomic E-state index is 12.7. The van der Waals surface area contributed by atoms with E-state index in [2.05, 4.69) is 20.8 Å². The van der Waals surface area contributed by atoms with Gasteiger partial charge in [-0.3, -0.25) is 14.4 Å². The first kappa shape index (κ1) is 55.4. The van der Waals surface area contributed by atoms with Gasteiger partial charge in [0.25, 0.3) is 0 Å². The molecule has 0 fully saturated rings. The average Bonchev–Trinajstić information content (AvgIpc) is 3.21. The molecule has 0 aliphatic heterocycles. The van der Waals surface area contributed by atoms with E-state index in [-0.39, 0.29) is 31.1 Å². The fourth-order valence-electron chi connectivity index (χ4n) is 7.74. The van der Waals surface area contributed by atoms with Crippen molar-refractivity contribution in [2.45, 2.75) is 297 Å². The van der Waals surface area contributed by atoms with Crippen molar-refractivity contribution in [1.82, 2.24) is 0 Å². The van der Waals surface area contributed by atoms with Crippen molar-refractivity contribution in [1.29, 1.82) is 0 Å². The number of esters is 3. The molecule has 0 aliphatic rings. The highest BCUT2D eigenvalue weighted by Gasteiger charge is 2.19. The summed E-state index contributed by atoms with van der Waals surface area (Å²) >= 11 is 0. The SMILES string of the molecule is CCCCCCCCCCCCCCCCCCCCC(=O)OCC(COC(=O)CCCCCCCCCCC)OC(=O)CCCCCCCCCCCCCC. The lowest BCUT2D eigenvalue weighted by molar-refractivity contribution is -0.167. The minimum atomic E-state index is -0.758. The lowest BCUT2D eigenvalue weighted by Crippen LogP contribution is -2.30. The molecule has 1 unspecified atom stereocenters. The molecular weight excluding hydrogens is 709 g/mol.